The minimum Gasteiger partial charge on any atom is -0.308 e. The molecule has 1 aliphatic heterocycles. The molecule has 0 unspecified atom stereocenters. The van der Waals surface area contributed by atoms with E-state index in [-0.39, 0.29) is 0 Å². The highest BCUT2D eigenvalue weighted by Gasteiger charge is 2.21. The van der Waals surface area contributed by atoms with Gasteiger partial charge in [0.1, 0.15) is 5.01 Å². The smallest absolute Gasteiger partial charge is 0.107 e. The summed E-state index contributed by atoms with van der Waals surface area (Å²) in [7, 11) is 4.45. The molecule has 0 bridgehead atoms. The number of hydrogen-bond donors (Lipinski definition) is 1. The maximum Gasteiger partial charge on any atom is 0.107 e. The van der Waals surface area contributed by atoms with Crippen molar-refractivity contribution in [3.63, 3.8) is 0 Å². The van der Waals surface area contributed by atoms with E-state index in [1.54, 1.807) is 11.3 Å². The van der Waals surface area contributed by atoms with Crippen LogP contribution in [-0.4, -0.2) is 54.1 Å². The van der Waals surface area contributed by atoms with Crippen molar-refractivity contribution < 1.29 is 0 Å². The van der Waals surface area contributed by atoms with Crippen LogP contribution in [0.1, 0.15) is 37.4 Å². The summed E-state index contributed by atoms with van der Waals surface area (Å²) in [5.74, 6) is 0. The monoisotopic (exact) mass is 296 g/mol. The molecule has 1 aliphatic rings. The number of piperidine rings is 1. The fraction of sp³-hybridized carbons (Fsp3) is 0.800. The molecule has 0 spiro atoms. The second kappa shape index (κ2) is 7.50. The Morgan fingerprint density at radius 1 is 1.45 bits per heavy atom. The largest absolute Gasteiger partial charge is 0.308 e. The van der Waals surface area contributed by atoms with Gasteiger partial charge in [-0.3, -0.25) is 4.90 Å². The number of aromatic nitrogens is 1. The van der Waals surface area contributed by atoms with Crippen molar-refractivity contribution in [2.24, 2.45) is 0 Å². The normalized spacial score (nSPS) is 18.3. The molecule has 0 atom stereocenters. The molecule has 4 nitrogen and oxygen atoms in total. The zero-order chi connectivity index (χ0) is 14.5. The minimum atomic E-state index is 0.518. The average Bonchev–Trinajstić information content (AvgIpc) is 2.84. The topological polar surface area (TPSA) is 31.4 Å². The van der Waals surface area contributed by atoms with E-state index in [4.69, 9.17) is 4.98 Å². The van der Waals surface area contributed by atoms with Gasteiger partial charge in [0.15, 0.2) is 0 Å². The van der Waals surface area contributed by atoms with Crippen LogP contribution < -0.4 is 5.32 Å². The molecule has 114 valence electrons. The molecule has 0 saturated carbocycles. The lowest BCUT2D eigenvalue weighted by Crippen LogP contribution is -2.41. The average molecular weight is 296 g/mol. The van der Waals surface area contributed by atoms with Gasteiger partial charge in [-0.05, 0) is 40.0 Å². The van der Waals surface area contributed by atoms with Gasteiger partial charge in [-0.2, -0.15) is 0 Å². The highest BCUT2D eigenvalue weighted by atomic mass is 32.1. The zero-order valence-electron chi connectivity index (χ0n) is 13.2. The molecule has 0 aliphatic carbocycles. The minimum absolute atomic E-state index is 0.518. The highest BCUT2D eigenvalue weighted by molar-refractivity contribution is 7.09. The third-order valence-corrected chi connectivity index (χ3v) is 4.88. The molecule has 2 rings (SSSR count). The lowest BCUT2D eigenvalue weighted by atomic mass is 10.0. The molecular formula is C15H28N4S. The van der Waals surface area contributed by atoms with Gasteiger partial charge in [0, 0.05) is 30.6 Å². The molecule has 20 heavy (non-hydrogen) atoms. The summed E-state index contributed by atoms with van der Waals surface area (Å²) in [4.78, 5) is 9.63. The number of nitrogens with one attached hydrogen (secondary N) is 1. The number of rotatable bonds is 6. The molecule has 1 aromatic rings. The third kappa shape index (κ3) is 4.81. The first-order valence-electron chi connectivity index (χ1n) is 7.60. The highest BCUT2D eigenvalue weighted by Crippen LogP contribution is 2.18. The summed E-state index contributed by atoms with van der Waals surface area (Å²) >= 11 is 1.77. The van der Waals surface area contributed by atoms with Crippen LogP contribution in [0.4, 0.5) is 0 Å². The van der Waals surface area contributed by atoms with Gasteiger partial charge in [-0.15, -0.1) is 11.3 Å². The van der Waals surface area contributed by atoms with E-state index < -0.39 is 0 Å². The lowest BCUT2D eigenvalue weighted by molar-refractivity contribution is 0.138. The van der Waals surface area contributed by atoms with Crippen molar-refractivity contribution in [2.75, 3.05) is 27.2 Å². The Hall–Kier alpha value is -0.490. The van der Waals surface area contributed by atoms with E-state index in [9.17, 15) is 0 Å². The van der Waals surface area contributed by atoms with Gasteiger partial charge in [0.05, 0.1) is 5.69 Å². The quantitative estimate of drug-likeness (QED) is 0.872. The number of likely N-dealkylation sites (tertiary alicyclic amines) is 1. The fourth-order valence-electron chi connectivity index (χ4n) is 2.61. The van der Waals surface area contributed by atoms with Crippen LogP contribution in [0.3, 0.4) is 0 Å². The van der Waals surface area contributed by atoms with Gasteiger partial charge in [-0.1, -0.05) is 13.8 Å². The molecule has 1 N–H and O–H groups in total. The van der Waals surface area contributed by atoms with Crippen LogP contribution in [-0.2, 0) is 13.1 Å². The Labute approximate surface area is 127 Å². The standard InChI is InChI=1S/C15H28N4S/c1-12(2)16-9-15-17-13(11-20-15)10-19(4)14-5-7-18(3)8-6-14/h11-12,14,16H,5-10H2,1-4H3. The first kappa shape index (κ1) is 15.9. The predicted octanol–water partition coefficient (Wildman–Crippen LogP) is 2.17. The van der Waals surface area contributed by atoms with E-state index in [0.717, 1.165) is 13.1 Å². The first-order valence-corrected chi connectivity index (χ1v) is 8.48. The predicted molar refractivity (Wildman–Crippen MR) is 86.1 cm³/mol. The van der Waals surface area contributed by atoms with Gasteiger partial charge in [-0.25, -0.2) is 4.98 Å². The molecule has 0 aromatic carbocycles. The zero-order valence-corrected chi connectivity index (χ0v) is 14.0. The fourth-order valence-corrected chi connectivity index (χ4v) is 3.35. The third-order valence-electron chi connectivity index (χ3n) is 3.98. The summed E-state index contributed by atoms with van der Waals surface area (Å²) in [5.41, 5.74) is 1.22. The molecule has 2 heterocycles. The lowest BCUT2D eigenvalue weighted by Gasteiger charge is -2.34. The van der Waals surface area contributed by atoms with E-state index >= 15 is 0 Å². The Bertz CT molecular complexity index is 396. The maximum absolute atomic E-state index is 4.74. The molecule has 0 radical (unpaired) electrons. The Morgan fingerprint density at radius 3 is 2.80 bits per heavy atom. The summed E-state index contributed by atoms with van der Waals surface area (Å²) < 4.78 is 0. The number of nitrogens with zero attached hydrogens (tertiary/aromatic N) is 3. The molecule has 5 heteroatoms. The van der Waals surface area contributed by atoms with Crippen LogP contribution in [0.2, 0.25) is 0 Å². The van der Waals surface area contributed by atoms with Crippen LogP contribution in [0.25, 0.3) is 0 Å². The van der Waals surface area contributed by atoms with E-state index in [0.29, 0.717) is 12.1 Å². The van der Waals surface area contributed by atoms with E-state index in [1.165, 1.54) is 36.6 Å². The summed E-state index contributed by atoms with van der Waals surface area (Å²) in [6, 6.07) is 1.23. The van der Waals surface area contributed by atoms with Crippen molar-refractivity contribution in [2.45, 2.75) is 51.9 Å². The Morgan fingerprint density at radius 2 is 2.15 bits per heavy atom. The number of thiazole rings is 1. The first-order chi connectivity index (χ1) is 9.54. The van der Waals surface area contributed by atoms with Crippen molar-refractivity contribution in [1.82, 2.24) is 20.1 Å². The summed E-state index contributed by atoms with van der Waals surface area (Å²) in [6.45, 7) is 8.64. The van der Waals surface area contributed by atoms with Gasteiger partial charge < -0.3 is 10.2 Å². The summed E-state index contributed by atoms with van der Waals surface area (Å²) in [6.07, 6.45) is 2.55. The summed E-state index contributed by atoms with van der Waals surface area (Å²) in [5, 5.41) is 6.84. The second-order valence-electron chi connectivity index (χ2n) is 6.22. The SMILES string of the molecule is CC(C)NCc1nc(CN(C)C2CCN(C)CC2)cs1. The molecule has 1 fully saturated rings. The molecular weight excluding hydrogens is 268 g/mol. The Balaban J connectivity index is 1.80. The van der Waals surface area contributed by atoms with Gasteiger partial charge in [0.2, 0.25) is 0 Å². The Kier molecular flexibility index (Phi) is 5.96. The van der Waals surface area contributed by atoms with E-state index in [1.807, 2.05) is 0 Å². The van der Waals surface area contributed by atoms with Crippen LogP contribution >= 0.6 is 11.3 Å². The van der Waals surface area contributed by atoms with Crippen molar-refractivity contribution in [1.29, 1.82) is 0 Å². The van der Waals surface area contributed by atoms with Gasteiger partial charge in [0.25, 0.3) is 0 Å². The molecule has 1 aromatic heterocycles. The van der Waals surface area contributed by atoms with Crippen molar-refractivity contribution in [3.8, 4) is 0 Å². The number of hydrogen-bond acceptors (Lipinski definition) is 5. The molecule has 1 saturated heterocycles. The van der Waals surface area contributed by atoms with Crippen LogP contribution in [0.15, 0.2) is 5.38 Å². The second-order valence-corrected chi connectivity index (χ2v) is 7.16. The van der Waals surface area contributed by atoms with Gasteiger partial charge >= 0.3 is 0 Å². The van der Waals surface area contributed by atoms with Crippen molar-refractivity contribution in [3.05, 3.63) is 16.1 Å². The van der Waals surface area contributed by atoms with Crippen molar-refractivity contribution >= 4 is 11.3 Å². The maximum atomic E-state index is 4.74. The van der Waals surface area contributed by atoms with Crippen LogP contribution in [0.5, 0.6) is 0 Å². The van der Waals surface area contributed by atoms with Crippen LogP contribution in [0, 0.1) is 0 Å². The molecule has 0 amide bonds. The van der Waals surface area contributed by atoms with E-state index in [2.05, 4.69) is 48.4 Å².